The van der Waals surface area contributed by atoms with E-state index >= 15 is 0 Å². The van der Waals surface area contributed by atoms with Crippen molar-refractivity contribution in [2.45, 2.75) is 25.8 Å². The third kappa shape index (κ3) is 3.24. The summed E-state index contributed by atoms with van der Waals surface area (Å²) in [6.07, 6.45) is 2.57. The lowest BCUT2D eigenvalue weighted by atomic mass is 9.91. The maximum absolute atomic E-state index is 8.90. The second-order valence-corrected chi connectivity index (χ2v) is 5.29. The predicted molar refractivity (Wildman–Crippen MR) is 74.5 cm³/mol. The summed E-state index contributed by atoms with van der Waals surface area (Å²) < 4.78 is 0. The second kappa shape index (κ2) is 5.88. The first-order valence-electron chi connectivity index (χ1n) is 6.64. The molecule has 1 aromatic carbocycles. The van der Waals surface area contributed by atoms with E-state index in [1.165, 1.54) is 19.4 Å². The fraction of sp³-hybridized carbons (Fsp3) is 0.533. The van der Waals surface area contributed by atoms with E-state index < -0.39 is 0 Å². The number of nitriles is 1. The molecule has 18 heavy (non-hydrogen) atoms. The maximum Gasteiger partial charge on any atom is 0.0992 e. The zero-order valence-corrected chi connectivity index (χ0v) is 11.2. The van der Waals surface area contributed by atoms with Crippen molar-refractivity contribution in [1.29, 1.82) is 5.26 Å². The van der Waals surface area contributed by atoms with Gasteiger partial charge in [-0.05, 0) is 57.5 Å². The smallest absolute Gasteiger partial charge is 0.0992 e. The third-order valence-electron chi connectivity index (χ3n) is 3.75. The van der Waals surface area contributed by atoms with Crippen LogP contribution in [0.15, 0.2) is 24.3 Å². The zero-order valence-electron chi connectivity index (χ0n) is 11.2. The summed E-state index contributed by atoms with van der Waals surface area (Å²) >= 11 is 0. The average molecular weight is 243 g/mol. The SMILES string of the molecule is CC(Nc1cccc(C#N)c1)C1CCCN(C)C1. The highest BCUT2D eigenvalue weighted by atomic mass is 15.1. The van der Waals surface area contributed by atoms with Gasteiger partial charge in [0.25, 0.3) is 0 Å². The Morgan fingerprint density at radius 3 is 3.06 bits per heavy atom. The van der Waals surface area contributed by atoms with Gasteiger partial charge < -0.3 is 10.2 Å². The predicted octanol–water partition coefficient (Wildman–Crippen LogP) is 2.70. The van der Waals surface area contributed by atoms with Gasteiger partial charge in [0.15, 0.2) is 0 Å². The molecule has 0 aromatic heterocycles. The Hall–Kier alpha value is -1.53. The molecule has 0 radical (unpaired) electrons. The van der Waals surface area contributed by atoms with Crippen LogP contribution in [0, 0.1) is 17.2 Å². The first kappa shape index (κ1) is 12.9. The average Bonchev–Trinajstić information content (AvgIpc) is 2.39. The zero-order chi connectivity index (χ0) is 13.0. The van der Waals surface area contributed by atoms with Gasteiger partial charge in [-0.15, -0.1) is 0 Å². The van der Waals surface area contributed by atoms with Crippen LogP contribution >= 0.6 is 0 Å². The molecule has 2 atom stereocenters. The van der Waals surface area contributed by atoms with Crippen molar-refractivity contribution in [1.82, 2.24) is 4.90 Å². The van der Waals surface area contributed by atoms with Crippen LogP contribution in [-0.4, -0.2) is 31.1 Å². The first-order valence-corrected chi connectivity index (χ1v) is 6.64. The molecular weight excluding hydrogens is 222 g/mol. The number of hydrogen-bond acceptors (Lipinski definition) is 3. The summed E-state index contributed by atoms with van der Waals surface area (Å²) in [7, 11) is 2.19. The van der Waals surface area contributed by atoms with Gasteiger partial charge in [-0.2, -0.15) is 5.26 Å². The molecule has 0 aliphatic carbocycles. The van der Waals surface area contributed by atoms with Crippen molar-refractivity contribution in [3.05, 3.63) is 29.8 Å². The lowest BCUT2D eigenvalue weighted by molar-refractivity contribution is 0.197. The number of hydrogen-bond donors (Lipinski definition) is 1. The van der Waals surface area contributed by atoms with Crippen LogP contribution in [-0.2, 0) is 0 Å². The summed E-state index contributed by atoms with van der Waals surface area (Å²) in [5, 5.41) is 12.4. The molecule has 0 saturated carbocycles. The van der Waals surface area contributed by atoms with Gasteiger partial charge in [0.05, 0.1) is 11.6 Å². The molecule has 3 nitrogen and oxygen atoms in total. The molecule has 2 unspecified atom stereocenters. The fourth-order valence-electron chi connectivity index (χ4n) is 2.67. The molecule has 1 aliphatic rings. The van der Waals surface area contributed by atoms with E-state index in [2.05, 4.69) is 30.3 Å². The van der Waals surface area contributed by atoms with E-state index in [-0.39, 0.29) is 0 Å². The molecule has 3 heteroatoms. The van der Waals surface area contributed by atoms with Crippen molar-refractivity contribution in [3.63, 3.8) is 0 Å². The Balaban J connectivity index is 1.97. The van der Waals surface area contributed by atoms with Gasteiger partial charge in [0, 0.05) is 18.3 Å². The van der Waals surface area contributed by atoms with Gasteiger partial charge in [-0.1, -0.05) is 6.07 Å². The molecule has 1 N–H and O–H groups in total. The standard InChI is InChI=1S/C15H21N3/c1-12(14-6-4-8-18(2)11-14)17-15-7-3-5-13(9-15)10-16/h3,5,7,9,12,14,17H,4,6,8,11H2,1-2H3. The number of anilines is 1. The van der Waals surface area contributed by atoms with Crippen molar-refractivity contribution >= 4 is 5.69 Å². The van der Waals surface area contributed by atoms with Gasteiger partial charge in [-0.3, -0.25) is 0 Å². The number of nitrogens with zero attached hydrogens (tertiary/aromatic N) is 2. The minimum Gasteiger partial charge on any atom is -0.382 e. The molecule has 0 amide bonds. The van der Waals surface area contributed by atoms with Gasteiger partial charge in [0.1, 0.15) is 0 Å². The van der Waals surface area contributed by atoms with Crippen molar-refractivity contribution in [2.75, 3.05) is 25.5 Å². The number of nitrogens with one attached hydrogen (secondary N) is 1. The highest BCUT2D eigenvalue weighted by Crippen LogP contribution is 2.21. The topological polar surface area (TPSA) is 39.1 Å². The van der Waals surface area contributed by atoms with Crippen LogP contribution in [0.25, 0.3) is 0 Å². The van der Waals surface area contributed by atoms with E-state index in [1.807, 2.05) is 24.3 Å². The highest BCUT2D eigenvalue weighted by molar-refractivity contribution is 5.49. The summed E-state index contributed by atoms with van der Waals surface area (Å²) in [6, 6.07) is 10.3. The van der Waals surface area contributed by atoms with Crippen LogP contribution in [0.4, 0.5) is 5.69 Å². The molecular formula is C15H21N3. The molecule has 0 bridgehead atoms. The largest absolute Gasteiger partial charge is 0.382 e. The van der Waals surface area contributed by atoms with Crippen LogP contribution in [0.5, 0.6) is 0 Å². The Bertz CT molecular complexity index is 436. The van der Waals surface area contributed by atoms with Crippen LogP contribution in [0.3, 0.4) is 0 Å². The number of rotatable bonds is 3. The van der Waals surface area contributed by atoms with E-state index in [0.29, 0.717) is 17.5 Å². The van der Waals surface area contributed by atoms with Crippen molar-refractivity contribution < 1.29 is 0 Å². The second-order valence-electron chi connectivity index (χ2n) is 5.29. The summed E-state index contributed by atoms with van der Waals surface area (Å²) in [4.78, 5) is 2.40. The lowest BCUT2D eigenvalue weighted by Gasteiger charge is -2.34. The maximum atomic E-state index is 8.90. The minimum atomic E-state index is 0.446. The van der Waals surface area contributed by atoms with Crippen LogP contribution in [0.2, 0.25) is 0 Å². The molecule has 2 rings (SSSR count). The molecule has 0 spiro atoms. The Labute approximate surface area is 109 Å². The van der Waals surface area contributed by atoms with Gasteiger partial charge in [-0.25, -0.2) is 0 Å². The van der Waals surface area contributed by atoms with E-state index in [9.17, 15) is 0 Å². The number of likely N-dealkylation sites (tertiary alicyclic amines) is 1. The Kier molecular flexibility index (Phi) is 4.22. The molecule has 1 fully saturated rings. The van der Waals surface area contributed by atoms with E-state index in [0.717, 1.165) is 12.2 Å². The number of benzene rings is 1. The molecule has 1 saturated heterocycles. The molecule has 1 heterocycles. The highest BCUT2D eigenvalue weighted by Gasteiger charge is 2.22. The molecule has 1 aliphatic heterocycles. The Morgan fingerprint density at radius 1 is 1.50 bits per heavy atom. The van der Waals surface area contributed by atoms with Gasteiger partial charge >= 0.3 is 0 Å². The quantitative estimate of drug-likeness (QED) is 0.887. The minimum absolute atomic E-state index is 0.446. The van der Waals surface area contributed by atoms with Crippen molar-refractivity contribution in [2.24, 2.45) is 5.92 Å². The van der Waals surface area contributed by atoms with Crippen LogP contribution < -0.4 is 5.32 Å². The summed E-state index contributed by atoms with van der Waals surface area (Å²) in [5.41, 5.74) is 1.77. The number of piperidine rings is 1. The van der Waals surface area contributed by atoms with Crippen molar-refractivity contribution in [3.8, 4) is 6.07 Å². The summed E-state index contributed by atoms with van der Waals surface area (Å²) in [6.45, 7) is 4.61. The molecule has 1 aromatic rings. The fourth-order valence-corrected chi connectivity index (χ4v) is 2.67. The molecule has 96 valence electrons. The normalized spacial score (nSPS) is 22.2. The monoisotopic (exact) mass is 243 g/mol. The van der Waals surface area contributed by atoms with Gasteiger partial charge in [0.2, 0.25) is 0 Å². The van der Waals surface area contributed by atoms with E-state index in [4.69, 9.17) is 5.26 Å². The van der Waals surface area contributed by atoms with Crippen LogP contribution in [0.1, 0.15) is 25.3 Å². The first-order chi connectivity index (χ1) is 8.69. The third-order valence-corrected chi connectivity index (χ3v) is 3.75. The van der Waals surface area contributed by atoms with E-state index in [1.54, 1.807) is 0 Å². The Morgan fingerprint density at radius 2 is 2.33 bits per heavy atom. The lowest BCUT2D eigenvalue weighted by Crippen LogP contribution is -2.39. The summed E-state index contributed by atoms with van der Waals surface area (Å²) in [5.74, 6) is 0.689.